The average Bonchev–Trinajstić information content (AvgIpc) is 2.83. The van der Waals surface area contributed by atoms with E-state index in [9.17, 15) is 14.4 Å². The molecule has 4 atom stereocenters. The lowest BCUT2D eigenvalue weighted by molar-refractivity contribution is -0.159. The topological polar surface area (TPSA) is 69.7 Å². The Morgan fingerprint density at radius 3 is 1.76 bits per heavy atom. The quantitative estimate of drug-likeness (QED) is 0.608. The van der Waals surface area contributed by atoms with Gasteiger partial charge in [0.05, 0.1) is 14.2 Å². The summed E-state index contributed by atoms with van der Waals surface area (Å²) in [6, 6.07) is 7.60. The van der Waals surface area contributed by atoms with Crippen molar-refractivity contribution in [1.82, 2.24) is 0 Å². The second-order valence-corrected chi connectivity index (χ2v) is 5.48. The van der Waals surface area contributed by atoms with Gasteiger partial charge in [0.2, 0.25) is 0 Å². The van der Waals surface area contributed by atoms with Crippen molar-refractivity contribution < 1.29 is 23.9 Å². The number of rotatable bonds is 2. The standard InChI is InChI=1S/C16H16O5/c1-20-15(18)12-10-7-11(9-6-4-3-5-8(9)10)13(14(12)17)16(19)21-2/h3-6,10-13H,7H2,1-2H3. The molecular weight excluding hydrogens is 272 g/mol. The molecule has 21 heavy (non-hydrogen) atoms. The van der Waals surface area contributed by atoms with Gasteiger partial charge in [-0.15, -0.1) is 0 Å². The molecule has 3 rings (SSSR count). The van der Waals surface area contributed by atoms with Crippen LogP contribution in [0, 0.1) is 11.8 Å². The van der Waals surface area contributed by atoms with Crippen LogP contribution in [-0.4, -0.2) is 31.9 Å². The molecule has 0 saturated heterocycles. The summed E-state index contributed by atoms with van der Waals surface area (Å²) in [6.07, 6.45) is 0.602. The van der Waals surface area contributed by atoms with E-state index in [4.69, 9.17) is 9.47 Å². The van der Waals surface area contributed by atoms with Crippen molar-refractivity contribution in [2.24, 2.45) is 11.8 Å². The fourth-order valence-corrected chi connectivity index (χ4v) is 3.75. The third-order valence-corrected chi connectivity index (χ3v) is 4.63. The molecule has 5 nitrogen and oxygen atoms in total. The summed E-state index contributed by atoms with van der Waals surface area (Å²) in [6.45, 7) is 0. The molecule has 1 aromatic rings. The molecular formula is C16H16O5. The average molecular weight is 288 g/mol. The third-order valence-electron chi connectivity index (χ3n) is 4.63. The molecule has 0 aliphatic heterocycles. The van der Waals surface area contributed by atoms with Crippen LogP contribution in [0.2, 0.25) is 0 Å². The van der Waals surface area contributed by atoms with Gasteiger partial charge in [0.15, 0.2) is 5.78 Å². The van der Waals surface area contributed by atoms with Crippen molar-refractivity contribution in [2.45, 2.75) is 18.3 Å². The van der Waals surface area contributed by atoms with Crippen LogP contribution in [0.1, 0.15) is 29.4 Å². The minimum Gasteiger partial charge on any atom is -0.468 e. The summed E-state index contributed by atoms with van der Waals surface area (Å²) in [5, 5.41) is 0. The monoisotopic (exact) mass is 288 g/mol. The van der Waals surface area contributed by atoms with Crippen molar-refractivity contribution in [1.29, 1.82) is 0 Å². The number of esters is 2. The second kappa shape index (κ2) is 4.98. The fraction of sp³-hybridized carbons (Fsp3) is 0.438. The highest BCUT2D eigenvalue weighted by atomic mass is 16.5. The van der Waals surface area contributed by atoms with Gasteiger partial charge >= 0.3 is 11.9 Å². The number of ether oxygens (including phenoxy) is 2. The zero-order valence-corrected chi connectivity index (χ0v) is 11.9. The van der Waals surface area contributed by atoms with Gasteiger partial charge in [-0.3, -0.25) is 14.4 Å². The molecule has 110 valence electrons. The Kier molecular flexibility index (Phi) is 3.27. The molecule has 4 unspecified atom stereocenters. The van der Waals surface area contributed by atoms with Gasteiger partial charge in [-0.2, -0.15) is 0 Å². The van der Waals surface area contributed by atoms with E-state index >= 15 is 0 Å². The Hall–Kier alpha value is -2.17. The Balaban J connectivity index is 2.13. The predicted octanol–water partition coefficient (Wildman–Crippen LogP) is 1.42. The number of methoxy groups -OCH3 is 2. The number of carbonyl (C=O) groups is 3. The molecule has 0 spiro atoms. The zero-order valence-electron chi connectivity index (χ0n) is 11.9. The minimum atomic E-state index is -0.918. The first-order chi connectivity index (χ1) is 10.1. The van der Waals surface area contributed by atoms with Crippen LogP contribution in [-0.2, 0) is 23.9 Å². The summed E-state index contributed by atoms with van der Waals surface area (Å²) in [5.41, 5.74) is 1.94. The molecule has 2 bridgehead atoms. The molecule has 1 aromatic carbocycles. The number of ketones is 1. The highest BCUT2D eigenvalue weighted by Crippen LogP contribution is 2.54. The Morgan fingerprint density at radius 1 is 0.952 bits per heavy atom. The van der Waals surface area contributed by atoms with E-state index in [1.807, 2.05) is 24.3 Å². The number of Topliss-reactive ketones (excluding diaryl/α,β-unsaturated/α-hetero) is 1. The van der Waals surface area contributed by atoms with Gasteiger partial charge in [-0.05, 0) is 17.5 Å². The highest BCUT2D eigenvalue weighted by Gasteiger charge is 2.56. The lowest BCUT2D eigenvalue weighted by Crippen LogP contribution is -2.43. The van der Waals surface area contributed by atoms with Gasteiger partial charge in [0.1, 0.15) is 11.8 Å². The van der Waals surface area contributed by atoms with Crippen LogP contribution in [0.25, 0.3) is 0 Å². The molecule has 0 amide bonds. The summed E-state index contributed by atoms with van der Waals surface area (Å²) in [7, 11) is 2.52. The SMILES string of the molecule is COC(=O)C1C(=O)C(C(=O)OC)C2CC1c1ccccc12. The van der Waals surface area contributed by atoms with Gasteiger partial charge in [-0.1, -0.05) is 24.3 Å². The minimum absolute atomic E-state index is 0.202. The summed E-state index contributed by atoms with van der Waals surface area (Å²) in [5.74, 6) is -3.77. The molecule has 1 saturated carbocycles. The lowest BCUT2D eigenvalue weighted by atomic mass is 9.71. The van der Waals surface area contributed by atoms with Gasteiger partial charge < -0.3 is 9.47 Å². The van der Waals surface area contributed by atoms with Crippen LogP contribution in [0.3, 0.4) is 0 Å². The van der Waals surface area contributed by atoms with Crippen molar-refractivity contribution >= 4 is 17.7 Å². The summed E-state index contributed by atoms with van der Waals surface area (Å²) >= 11 is 0. The lowest BCUT2D eigenvalue weighted by Gasteiger charge is -2.31. The Labute approximate surface area is 122 Å². The van der Waals surface area contributed by atoms with Gasteiger partial charge in [0, 0.05) is 11.8 Å². The summed E-state index contributed by atoms with van der Waals surface area (Å²) < 4.78 is 9.55. The number of hydrogen-bond acceptors (Lipinski definition) is 5. The van der Waals surface area contributed by atoms with Crippen molar-refractivity contribution in [2.75, 3.05) is 14.2 Å². The molecule has 0 heterocycles. The molecule has 0 aromatic heterocycles. The van der Waals surface area contributed by atoms with E-state index in [1.54, 1.807) is 0 Å². The maximum Gasteiger partial charge on any atom is 0.316 e. The van der Waals surface area contributed by atoms with Crippen LogP contribution < -0.4 is 0 Å². The van der Waals surface area contributed by atoms with E-state index in [2.05, 4.69) is 0 Å². The molecule has 2 aliphatic carbocycles. The van der Waals surface area contributed by atoms with E-state index in [0.717, 1.165) is 11.1 Å². The Bertz CT molecular complexity index is 570. The molecule has 2 aliphatic rings. The first-order valence-corrected chi connectivity index (χ1v) is 6.88. The molecule has 0 N–H and O–H groups in total. The first-order valence-electron chi connectivity index (χ1n) is 6.88. The second-order valence-electron chi connectivity index (χ2n) is 5.48. The van der Waals surface area contributed by atoms with E-state index in [-0.39, 0.29) is 17.6 Å². The Morgan fingerprint density at radius 2 is 1.38 bits per heavy atom. The maximum absolute atomic E-state index is 12.7. The number of carbonyl (C=O) groups excluding carboxylic acids is 3. The third kappa shape index (κ3) is 1.87. The largest absolute Gasteiger partial charge is 0.468 e. The zero-order chi connectivity index (χ0) is 15.1. The number of fused-ring (bicyclic) bond motifs is 5. The summed E-state index contributed by atoms with van der Waals surface area (Å²) in [4.78, 5) is 36.7. The van der Waals surface area contributed by atoms with Crippen molar-refractivity contribution in [3.63, 3.8) is 0 Å². The fourth-order valence-electron chi connectivity index (χ4n) is 3.75. The van der Waals surface area contributed by atoms with E-state index < -0.39 is 23.8 Å². The normalized spacial score (nSPS) is 29.7. The van der Waals surface area contributed by atoms with E-state index in [1.165, 1.54) is 14.2 Å². The molecule has 5 heteroatoms. The smallest absolute Gasteiger partial charge is 0.316 e. The van der Waals surface area contributed by atoms with Crippen LogP contribution in [0.15, 0.2) is 24.3 Å². The molecule has 0 radical (unpaired) electrons. The van der Waals surface area contributed by atoms with Crippen molar-refractivity contribution in [3.8, 4) is 0 Å². The van der Waals surface area contributed by atoms with Gasteiger partial charge in [-0.25, -0.2) is 0 Å². The van der Waals surface area contributed by atoms with Gasteiger partial charge in [0.25, 0.3) is 0 Å². The first kappa shape index (κ1) is 13.8. The number of benzene rings is 1. The number of hydrogen-bond donors (Lipinski definition) is 0. The van der Waals surface area contributed by atoms with Crippen molar-refractivity contribution in [3.05, 3.63) is 35.4 Å². The molecule has 1 fully saturated rings. The van der Waals surface area contributed by atoms with E-state index in [0.29, 0.717) is 6.42 Å². The highest BCUT2D eigenvalue weighted by molar-refractivity contribution is 6.11. The predicted molar refractivity (Wildman–Crippen MR) is 72.6 cm³/mol. The van der Waals surface area contributed by atoms with Crippen LogP contribution >= 0.6 is 0 Å². The van der Waals surface area contributed by atoms with Crippen LogP contribution in [0.5, 0.6) is 0 Å². The maximum atomic E-state index is 12.7. The van der Waals surface area contributed by atoms with Crippen LogP contribution in [0.4, 0.5) is 0 Å².